The second kappa shape index (κ2) is 7.65. The van der Waals surface area contributed by atoms with Gasteiger partial charge < -0.3 is 19.1 Å². The van der Waals surface area contributed by atoms with Crippen LogP contribution >= 0.6 is 0 Å². The molecule has 25 heavy (non-hydrogen) atoms. The SMILES string of the molecule is CC(C)(C)OC(=O)C(ON=C(C(=O)O)c1ccco1)c1ccccc1. The van der Waals surface area contributed by atoms with E-state index >= 15 is 0 Å². The summed E-state index contributed by atoms with van der Waals surface area (Å²) in [6.45, 7) is 5.17. The third-order valence-corrected chi connectivity index (χ3v) is 2.93. The zero-order chi connectivity index (χ0) is 18.4. The number of benzene rings is 1. The zero-order valence-electron chi connectivity index (χ0n) is 14.1. The maximum absolute atomic E-state index is 12.4. The number of hydrogen-bond acceptors (Lipinski definition) is 6. The fraction of sp³-hybridized carbons (Fsp3) is 0.278. The number of carbonyl (C=O) groups excluding carboxylic acids is 1. The van der Waals surface area contributed by atoms with Crippen LogP contribution in [0.15, 0.2) is 58.3 Å². The number of aliphatic carboxylic acids is 1. The minimum absolute atomic E-state index is 0.0171. The molecule has 1 N–H and O–H groups in total. The summed E-state index contributed by atoms with van der Waals surface area (Å²) in [5, 5.41) is 12.9. The molecule has 0 spiro atoms. The summed E-state index contributed by atoms with van der Waals surface area (Å²) in [4.78, 5) is 29.1. The highest BCUT2D eigenvalue weighted by Gasteiger charge is 2.29. The van der Waals surface area contributed by atoms with Crippen LogP contribution in [-0.2, 0) is 19.2 Å². The monoisotopic (exact) mass is 345 g/mol. The lowest BCUT2D eigenvalue weighted by Crippen LogP contribution is -2.28. The van der Waals surface area contributed by atoms with Crippen LogP contribution < -0.4 is 0 Å². The van der Waals surface area contributed by atoms with E-state index in [-0.39, 0.29) is 5.76 Å². The van der Waals surface area contributed by atoms with Crippen molar-refractivity contribution in [1.29, 1.82) is 0 Å². The number of ether oxygens (including phenoxy) is 1. The molecule has 0 bridgehead atoms. The van der Waals surface area contributed by atoms with Crippen molar-refractivity contribution in [2.24, 2.45) is 5.16 Å². The van der Waals surface area contributed by atoms with Crippen molar-refractivity contribution in [3.63, 3.8) is 0 Å². The number of hydrogen-bond donors (Lipinski definition) is 1. The molecule has 7 heteroatoms. The maximum atomic E-state index is 12.4. The Morgan fingerprint density at radius 1 is 1.12 bits per heavy atom. The molecule has 1 heterocycles. The van der Waals surface area contributed by atoms with E-state index in [0.29, 0.717) is 5.56 Å². The minimum atomic E-state index is -1.34. The van der Waals surface area contributed by atoms with E-state index < -0.39 is 29.4 Å². The van der Waals surface area contributed by atoms with Crippen LogP contribution in [0.1, 0.15) is 38.2 Å². The fourth-order valence-corrected chi connectivity index (χ4v) is 1.93. The van der Waals surface area contributed by atoms with Gasteiger partial charge in [0.25, 0.3) is 0 Å². The third kappa shape index (κ3) is 5.20. The molecule has 1 unspecified atom stereocenters. The Kier molecular flexibility index (Phi) is 5.59. The highest BCUT2D eigenvalue weighted by atomic mass is 16.7. The quantitative estimate of drug-likeness (QED) is 0.490. The molecule has 0 aliphatic heterocycles. The number of furan rings is 1. The van der Waals surface area contributed by atoms with Crippen LogP contribution in [0.25, 0.3) is 0 Å². The van der Waals surface area contributed by atoms with Crippen LogP contribution in [0.5, 0.6) is 0 Å². The van der Waals surface area contributed by atoms with Crippen LogP contribution in [0.4, 0.5) is 0 Å². The van der Waals surface area contributed by atoms with E-state index in [4.69, 9.17) is 14.0 Å². The summed E-state index contributed by atoms with van der Waals surface area (Å²) in [6.07, 6.45) is 0.112. The summed E-state index contributed by atoms with van der Waals surface area (Å²) in [5.41, 5.74) is -0.687. The number of carbonyl (C=O) groups is 2. The van der Waals surface area contributed by atoms with Crippen LogP contribution in [0.3, 0.4) is 0 Å². The number of nitrogens with zero attached hydrogens (tertiary/aromatic N) is 1. The Morgan fingerprint density at radius 2 is 1.80 bits per heavy atom. The first-order valence-corrected chi connectivity index (χ1v) is 7.57. The highest BCUT2D eigenvalue weighted by molar-refractivity contribution is 6.41. The van der Waals surface area contributed by atoms with Crippen molar-refractivity contribution < 1.29 is 28.7 Å². The average Bonchev–Trinajstić information content (AvgIpc) is 3.04. The molecule has 0 aliphatic rings. The van der Waals surface area contributed by atoms with E-state index in [9.17, 15) is 14.7 Å². The van der Waals surface area contributed by atoms with Crippen molar-refractivity contribution in [1.82, 2.24) is 0 Å². The van der Waals surface area contributed by atoms with E-state index in [1.165, 1.54) is 18.4 Å². The van der Waals surface area contributed by atoms with Crippen molar-refractivity contribution in [3.8, 4) is 0 Å². The van der Waals surface area contributed by atoms with Crippen molar-refractivity contribution in [3.05, 3.63) is 60.1 Å². The molecule has 132 valence electrons. The second-order valence-electron chi connectivity index (χ2n) is 6.15. The molecule has 0 aliphatic carbocycles. The lowest BCUT2D eigenvalue weighted by atomic mass is 10.1. The lowest BCUT2D eigenvalue weighted by molar-refractivity contribution is -0.169. The highest BCUT2D eigenvalue weighted by Crippen LogP contribution is 2.23. The van der Waals surface area contributed by atoms with Gasteiger partial charge in [0.1, 0.15) is 5.60 Å². The summed E-state index contributed by atoms with van der Waals surface area (Å²) < 4.78 is 10.4. The zero-order valence-corrected chi connectivity index (χ0v) is 14.1. The van der Waals surface area contributed by atoms with Crippen LogP contribution in [-0.4, -0.2) is 28.4 Å². The van der Waals surface area contributed by atoms with Crippen molar-refractivity contribution in [2.75, 3.05) is 0 Å². The third-order valence-electron chi connectivity index (χ3n) is 2.93. The Hall–Kier alpha value is -3.09. The van der Waals surface area contributed by atoms with Gasteiger partial charge in [-0.25, -0.2) is 9.59 Å². The maximum Gasteiger partial charge on any atom is 0.361 e. The molecule has 2 rings (SSSR count). The van der Waals surface area contributed by atoms with Gasteiger partial charge in [-0.1, -0.05) is 35.5 Å². The number of rotatable bonds is 6. The molecular weight excluding hydrogens is 326 g/mol. The van der Waals surface area contributed by atoms with Gasteiger partial charge in [0.2, 0.25) is 11.8 Å². The van der Waals surface area contributed by atoms with Gasteiger partial charge in [-0.2, -0.15) is 0 Å². The Labute approximate surface area is 144 Å². The summed E-state index contributed by atoms with van der Waals surface area (Å²) in [6, 6.07) is 11.5. The van der Waals surface area contributed by atoms with Crippen LogP contribution in [0.2, 0.25) is 0 Å². The summed E-state index contributed by atoms with van der Waals surface area (Å²) in [7, 11) is 0. The molecule has 1 atom stereocenters. The Morgan fingerprint density at radius 3 is 2.32 bits per heavy atom. The van der Waals surface area contributed by atoms with E-state index in [1.807, 2.05) is 0 Å². The van der Waals surface area contributed by atoms with Gasteiger partial charge in [-0.15, -0.1) is 0 Å². The van der Waals surface area contributed by atoms with Crippen molar-refractivity contribution in [2.45, 2.75) is 32.5 Å². The molecule has 0 amide bonds. The molecule has 1 aromatic carbocycles. The predicted molar refractivity (Wildman–Crippen MR) is 89.0 cm³/mol. The molecule has 1 aromatic heterocycles. The van der Waals surface area contributed by atoms with E-state index in [1.54, 1.807) is 51.1 Å². The molecule has 2 aromatic rings. The van der Waals surface area contributed by atoms with E-state index in [0.717, 1.165) is 0 Å². The lowest BCUT2D eigenvalue weighted by Gasteiger charge is -2.23. The molecule has 0 saturated carbocycles. The number of carboxylic acid groups (broad SMARTS) is 1. The average molecular weight is 345 g/mol. The normalized spacial score (nSPS) is 13.2. The van der Waals surface area contributed by atoms with Gasteiger partial charge in [0.15, 0.2) is 5.76 Å². The molecule has 7 nitrogen and oxygen atoms in total. The van der Waals surface area contributed by atoms with Gasteiger partial charge >= 0.3 is 11.9 Å². The Bertz CT molecular complexity index is 744. The first-order valence-electron chi connectivity index (χ1n) is 7.57. The number of esters is 1. The predicted octanol–water partition coefficient (Wildman–Crippen LogP) is 3.17. The molecule has 0 saturated heterocycles. The fourth-order valence-electron chi connectivity index (χ4n) is 1.93. The van der Waals surface area contributed by atoms with Gasteiger partial charge in [-0.05, 0) is 32.9 Å². The molecule has 0 fully saturated rings. The van der Waals surface area contributed by atoms with Gasteiger partial charge in [0.05, 0.1) is 6.26 Å². The van der Waals surface area contributed by atoms with Gasteiger partial charge in [0, 0.05) is 5.56 Å². The number of oxime groups is 1. The number of carboxylic acids is 1. The molecular formula is C18H19NO6. The van der Waals surface area contributed by atoms with Crippen LogP contribution in [0, 0.1) is 0 Å². The topological polar surface area (TPSA) is 98.3 Å². The second-order valence-corrected chi connectivity index (χ2v) is 6.15. The Balaban J connectivity index is 2.31. The van der Waals surface area contributed by atoms with E-state index in [2.05, 4.69) is 5.16 Å². The smallest absolute Gasteiger partial charge is 0.361 e. The first kappa shape index (κ1) is 18.3. The summed E-state index contributed by atoms with van der Waals surface area (Å²) in [5.74, 6) is -2.00. The largest absolute Gasteiger partial charge is 0.476 e. The minimum Gasteiger partial charge on any atom is -0.476 e. The standard InChI is InChI=1S/C18H19NO6/c1-18(2,3)24-17(22)15(12-8-5-4-6-9-12)25-19-14(16(20)21)13-10-7-11-23-13/h4-11,15H,1-3H3,(H,20,21). The van der Waals surface area contributed by atoms with Gasteiger partial charge in [-0.3, -0.25) is 0 Å². The first-order chi connectivity index (χ1) is 11.8. The molecule has 0 radical (unpaired) electrons. The van der Waals surface area contributed by atoms with Crippen molar-refractivity contribution >= 4 is 17.7 Å². The summed E-state index contributed by atoms with van der Waals surface area (Å²) >= 11 is 0.